The first kappa shape index (κ1) is 12.2. The molecule has 0 saturated carbocycles. The molecule has 0 bridgehead atoms. The first-order valence-corrected chi connectivity index (χ1v) is 6.14. The van der Waals surface area contributed by atoms with Crippen LogP contribution in [0.15, 0.2) is 12.5 Å². The van der Waals surface area contributed by atoms with Gasteiger partial charge in [0.2, 0.25) is 0 Å². The van der Waals surface area contributed by atoms with Crippen molar-refractivity contribution in [2.45, 2.75) is 25.8 Å². The van der Waals surface area contributed by atoms with Gasteiger partial charge in [0, 0.05) is 18.4 Å². The summed E-state index contributed by atoms with van der Waals surface area (Å²) >= 11 is 3.38. The Labute approximate surface area is 98.2 Å². The lowest BCUT2D eigenvalue weighted by molar-refractivity contribution is 0.0927. The Morgan fingerprint density at radius 2 is 2.47 bits per heavy atom. The topological polar surface area (TPSA) is 46.9 Å². The van der Waals surface area contributed by atoms with Gasteiger partial charge in [-0.15, -0.1) is 0 Å². The second-order valence-corrected chi connectivity index (χ2v) is 4.24. The molecular formula is C10H16BrN3O. The molecule has 5 heteroatoms. The van der Waals surface area contributed by atoms with Crippen molar-refractivity contribution in [3.05, 3.63) is 18.2 Å². The smallest absolute Gasteiger partial charge is 0.269 e. The monoisotopic (exact) mass is 273 g/mol. The lowest BCUT2D eigenvalue weighted by Crippen LogP contribution is -2.35. The second-order valence-electron chi connectivity index (χ2n) is 3.45. The Morgan fingerprint density at radius 3 is 2.93 bits per heavy atom. The highest BCUT2D eigenvalue weighted by Crippen LogP contribution is 2.03. The number of imidazole rings is 1. The summed E-state index contributed by atoms with van der Waals surface area (Å²) in [6.07, 6.45) is 5.09. The summed E-state index contributed by atoms with van der Waals surface area (Å²) < 4.78 is 1.72. The normalized spacial score (nSPS) is 12.5. The molecule has 0 radical (unpaired) electrons. The molecule has 0 fully saturated rings. The van der Waals surface area contributed by atoms with Crippen molar-refractivity contribution < 1.29 is 4.79 Å². The maximum atomic E-state index is 11.8. The summed E-state index contributed by atoms with van der Waals surface area (Å²) in [5, 5.41) is 3.88. The van der Waals surface area contributed by atoms with Crippen LogP contribution >= 0.6 is 15.9 Å². The average Bonchev–Trinajstić information content (AvgIpc) is 2.63. The second kappa shape index (κ2) is 5.90. The van der Waals surface area contributed by atoms with Gasteiger partial charge >= 0.3 is 0 Å². The van der Waals surface area contributed by atoms with Crippen LogP contribution in [0.2, 0.25) is 0 Å². The number of hydrogen-bond acceptors (Lipinski definition) is 2. The van der Waals surface area contributed by atoms with Crippen LogP contribution in [0.1, 0.15) is 30.3 Å². The van der Waals surface area contributed by atoms with Gasteiger partial charge in [0.05, 0.1) is 12.5 Å². The van der Waals surface area contributed by atoms with Gasteiger partial charge in [-0.05, 0) is 12.8 Å². The SMILES string of the molecule is CCC(CCBr)NC(=O)c1cncn1C. The van der Waals surface area contributed by atoms with E-state index in [1.807, 2.05) is 7.05 Å². The van der Waals surface area contributed by atoms with Gasteiger partial charge in [0.1, 0.15) is 5.69 Å². The molecule has 1 rings (SSSR count). The van der Waals surface area contributed by atoms with E-state index < -0.39 is 0 Å². The van der Waals surface area contributed by atoms with E-state index in [0.717, 1.165) is 18.2 Å². The van der Waals surface area contributed by atoms with Gasteiger partial charge < -0.3 is 9.88 Å². The van der Waals surface area contributed by atoms with Crippen molar-refractivity contribution in [3.63, 3.8) is 0 Å². The van der Waals surface area contributed by atoms with Crippen LogP contribution in [-0.4, -0.2) is 26.8 Å². The lowest BCUT2D eigenvalue weighted by atomic mass is 10.1. The van der Waals surface area contributed by atoms with Crippen LogP contribution in [0.25, 0.3) is 0 Å². The fourth-order valence-corrected chi connectivity index (χ4v) is 1.90. The van der Waals surface area contributed by atoms with E-state index >= 15 is 0 Å². The number of carbonyl (C=O) groups excluding carboxylic acids is 1. The van der Waals surface area contributed by atoms with Crippen molar-refractivity contribution in [1.82, 2.24) is 14.9 Å². The molecule has 0 aliphatic carbocycles. The molecule has 0 aliphatic rings. The largest absolute Gasteiger partial charge is 0.348 e. The Bertz CT molecular complexity index is 324. The fraction of sp³-hybridized carbons (Fsp3) is 0.600. The zero-order valence-electron chi connectivity index (χ0n) is 9.03. The number of hydrogen-bond donors (Lipinski definition) is 1. The molecule has 0 spiro atoms. The molecule has 0 aromatic carbocycles. The number of nitrogens with zero attached hydrogens (tertiary/aromatic N) is 2. The van der Waals surface area contributed by atoms with Crippen LogP contribution in [0, 0.1) is 0 Å². The molecule has 4 nitrogen and oxygen atoms in total. The molecule has 0 saturated heterocycles. The number of aryl methyl sites for hydroxylation is 1. The first-order valence-electron chi connectivity index (χ1n) is 5.02. The van der Waals surface area contributed by atoms with Crippen LogP contribution in [-0.2, 0) is 7.05 Å². The molecule has 1 heterocycles. The van der Waals surface area contributed by atoms with Crippen molar-refractivity contribution in [1.29, 1.82) is 0 Å². The highest BCUT2D eigenvalue weighted by Gasteiger charge is 2.13. The lowest BCUT2D eigenvalue weighted by Gasteiger charge is -2.15. The Kier molecular flexibility index (Phi) is 4.81. The third-order valence-corrected chi connectivity index (χ3v) is 2.79. The maximum absolute atomic E-state index is 11.8. The molecule has 1 aromatic heterocycles. The Balaban J connectivity index is 2.58. The van der Waals surface area contributed by atoms with Crippen molar-refractivity contribution >= 4 is 21.8 Å². The predicted molar refractivity (Wildman–Crippen MR) is 63.2 cm³/mol. The number of carbonyl (C=O) groups is 1. The number of nitrogens with one attached hydrogen (secondary N) is 1. The van der Waals surface area contributed by atoms with Crippen LogP contribution < -0.4 is 5.32 Å². The van der Waals surface area contributed by atoms with E-state index in [-0.39, 0.29) is 11.9 Å². The quantitative estimate of drug-likeness (QED) is 0.831. The summed E-state index contributed by atoms with van der Waals surface area (Å²) in [4.78, 5) is 15.7. The number of amides is 1. The third kappa shape index (κ3) is 3.34. The summed E-state index contributed by atoms with van der Waals surface area (Å²) in [6, 6.07) is 0.228. The molecule has 1 atom stereocenters. The van der Waals surface area contributed by atoms with E-state index in [9.17, 15) is 4.79 Å². The van der Waals surface area contributed by atoms with Crippen molar-refractivity contribution in [2.24, 2.45) is 7.05 Å². The maximum Gasteiger partial charge on any atom is 0.269 e. The molecule has 15 heavy (non-hydrogen) atoms. The highest BCUT2D eigenvalue weighted by molar-refractivity contribution is 9.09. The number of alkyl halides is 1. The van der Waals surface area contributed by atoms with Crippen molar-refractivity contribution in [3.8, 4) is 0 Å². The zero-order valence-corrected chi connectivity index (χ0v) is 10.6. The van der Waals surface area contributed by atoms with Gasteiger partial charge in [-0.1, -0.05) is 22.9 Å². The molecule has 84 valence electrons. The molecule has 1 N–H and O–H groups in total. The summed E-state index contributed by atoms with van der Waals surface area (Å²) in [5.74, 6) is -0.0530. The summed E-state index contributed by atoms with van der Waals surface area (Å²) in [7, 11) is 1.81. The van der Waals surface area contributed by atoms with Crippen LogP contribution in [0.3, 0.4) is 0 Å². The summed E-state index contributed by atoms with van der Waals surface area (Å²) in [5.41, 5.74) is 0.600. The number of rotatable bonds is 5. The van der Waals surface area contributed by atoms with Gasteiger partial charge in [0.25, 0.3) is 5.91 Å². The number of halogens is 1. The minimum absolute atomic E-state index is 0.0530. The highest BCUT2D eigenvalue weighted by atomic mass is 79.9. The van der Waals surface area contributed by atoms with Crippen molar-refractivity contribution in [2.75, 3.05) is 5.33 Å². The molecule has 1 aromatic rings. The van der Waals surface area contributed by atoms with E-state index in [2.05, 4.69) is 33.2 Å². The van der Waals surface area contributed by atoms with Crippen LogP contribution in [0.4, 0.5) is 0 Å². The molecular weight excluding hydrogens is 258 g/mol. The van der Waals surface area contributed by atoms with Gasteiger partial charge in [-0.2, -0.15) is 0 Å². The third-order valence-electron chi connectivity index (χ3n) is 2.33. The average molecular weight is 274 g/mol. The van der Waals surface area contributed by atoms with Gasteiger partial charge in [-0.25, -0.2) is 4.98 Å². The predicted octanol–water partition coefficient (Wildman–Crippen LogP) is 1.71. The zero-order chi connectivity index (χ0) is 11.3. The molecule has 1 amide bonds. The van der Waals surface area contributed by atoms with E-state index in [1.54, 1.807) is 17.1 Å². The Morgan fingerprint density at radius 1 is 1.73 bits per heavy atom. The fourth-order valence-electron chi connectivity index (χ4n) is 1.35. The molecule has 1 unspecified atom stereocenters. The van der Waals surface area contributed by atoms with E-state index in [1.165, 1.54) is 0 Å². The molecule has 0 aliphatic heterocycles. The summed E-state index contributed by atoms with van der Waals surface area (Å²) in [6.45, 7) is 2.07. The standard InChI is InChI=1S/C10H16BrN3O/c1-3-8(4-5-11)13-10(15)9-6-12-7-14(9)2/h6-8H,3-5H2,1-2H3,(H,13,15). The minimum atomic E-state index is -0.0530. The van der Waals surface area contributed by atoms with Crippen LogP contribution in [0.5, 0.6) is 0 Å². The van der Waals surface area contributed by atoms with E-state index in [0.29, 0.717) is 5.69 Å². The van der Waals surface area contributed by atoms with E-state index in [4.69, 9.17) is 0 Å². The number of aromatic nitrogens is 2. The minimum Gasteiger partial charge on any atom is -0.348 e. The Hall–Kier alpha value is -0.840. The van der Waals surface area contributed by atoms with Gasteiger partial charge in [0.15, 0.2) is 0 Å². The first-order chi connectivity index (χ1) is 7.19. The van der Waals surface area contributed by atoms with Gasteiger partial charge in [-0.3, -0.25) is 4.79 Å².